The summed E-state index contributed by atoms with van der Waals surface area (Å²) in [7, 11) is 0. The van der Waals surface area contributed by atoms with Crippen molar-refractivity contribution in [2.75, 3.05) is 6.54 Å². The number of unbranched alkanes of at least 4 members (excludes halogenated alkanes) is 3. The van der Waals surface area contributed by atoms with Crippen LogP contribution in [0.25, 0.3) is 0 Å². The standard InChI is InChI=1S/C23H32N2O2/c1-2-3-4-5-9-13-19-16-20(19)23(27)25-15-10-14-21(25)22(26)24-17-18-11-7-6-8-12-18/h6-9,11-13,19-21H,2-5,10,14-17H2,1H3,(H,24,26)/b13-9-/t19-,20+,21+/m1/s1. The van der Waals surface area contributed by atoms with Crippen LogP contribution in [-0.4, -0.2) is 29.3 Å². The van der Waals surface area contributed by atoms with Gasteiger partial charge in [0.25, 0.3) is 0 Å². The number of hydrogen-bond donors (Lipinski definition) is 1. The summed E-state index contributed by atoms with van der Waals surface area (Å²) >= 11 is 0. The maximum Gasteiger partial charge on any atom is 0.243 e. The molecule has 0 aromatic heterocycles. The van der Waals surface area contributed by atoms with Gasteiger partial charge in [0, 0.05) is 19.0 Å². The molecule has 1 saturated carbocycles. The van der Waals surface area contributed by atoms with E-state index in [1.165, 1.54) is 19.3 Å². The zero-order chi connectivity index (χ0) is 19.1. The van der Waals surface area contributed by atoms with Crippen molar-refractivity contribution >= 4 is 11.8 Å². The molecule has 4 nitrogen and oxygen atoms in total. The first kappa shape index (κ1) is 19.7. The zero-order valence-corrected chi connectivity index (χ0v) is 16.4. The van der Waals surface area contributed by atoms with Gasteiger partial charge in [0.2, 0.25) is 11.8 Å². The van der Waals surface area contributed by atoms with Crippen LogP contribution in [-0.2, 0) is 16.1 Å². The molecular formula is C23H32N2O2. The molecule has 1 aliphatic carbocycles. The number of nitrogens with zero attached hydrogens (tertiary/aromatic N) is 1. The van der Waals surface area contributed by atoms with Crippen LogP contribution in [0.4, 0.5) is 0 Å². The molecule has 1 heterocycles. The van der Waals surface area contributed by atoms with Gasteiger partial charge < -0.3 is 10.2 Å². The zero-order valence-electron chi connectivity index (χ0n) is 16.4. The third-order valence-electron chi connectivity index (χ3n) is 5.66. The number of carbonyl (C=O) groups excluding carboxylic acids is 2. The molecule has 0 radical (unpaired) electrons. The number of benzene rings is 1. The van der Waals surface area contributed by atoms with E-state index in [4.69, 9.17) is 0 Å². The molecule has 2 amide bonds. The lowest BCUT2D eigenvalue weighted by Gasteiger charge is -2.24. The minimum atomic E-state index is -0.295. The molecule has 4 heteroatoms. The normalized spacial score (nSPS) is 24.3. The topological polar surface area (TPSA) is 49.4 Å². The van der Waals surface area contributed by atoms with Crippen LogP contribution < -0.4 is 5.32 Å². The molecular weight excluding hydrogens is 336 g/mol. The Morgan fingerprint density at radius 2 is 2.04 bits per heavy atom. The summed E-state index contributed by atoms with van der Waals surface area (Å²) in [5.74, 6) is 0.635. The van der Waals surface area contributed by atoms with Crippen molar-refractivity contribution in [2.45, 2.75) is 64.5 Å². The Balaban J connectivity index is 1.46. The van der Waals surface area contributed by atoms with Gasteiger partial charge >= 0.3 is 0 Å². The van der Waals surface area contributed by atoms with E-state index in [1.54, 1.807) is 0 Å². The molecule has 1 N–H and O–H groups in total. The molecule has 1 aromatic carbocycles. The minimum absolute atomic E-state index is 0.0167. The lowest BCUT2D eigenvalue weighted by molar-refractivity contribution is -0.139. The molecule has 1 aromatic rings. The van der Waals surface area contributed by atoms with Crippen molar-refractivity contribution in [3.8, 4) is 0 Å². The first-order chi connectivity index (χ1) is 13.2. The highest BCUT2D eigenvalue weighted by molar-refractivity contribution is 5.90. The maximum atomic E-state index is 12.9. The molecule has 27 heavy (non-hydrogen) atoms. The van der Waals surface area contributed by atoms with Crippen molar-refractivity contribution in [1.82, 2.24) is 10.2 Å². The number of rotatable bonds is 9. The van der Waals surface area contributed by atoms with Crippen molar-refractivity contribution in [3.05, 3.63) is 48.0 Å². The first-order valence-corrected chi connectivity index (χ1v) is 10.5. The molecule has 146 valence electrons. The Labute approximate surface area is 163 Å². The molecule has 0 unspecified atom stereocenters. The van der Waals surface area contributed by atoms with Crippen molar-refractivity contribution < 1.29 is 9.59 Å². The number of amides is 2. The quantitative estimate of drug-likeness (QED) is 0.528. The second-order valence-corrected chi connectivity index (χ2v) is 7.82. The summed E-state index contributed by atoms with van der Waals surface area (Å²) in [4.78, 5) is 27.3. The average molecular weight is 369 g/mol. The van der Waals surface area contributed by atoms with Gasteiger partial charge in [-0.05, 0) is 43.6 Å². The van der Waals surface area contributed by atoms with Gasteiger partial charge in [-0.25, -0.2) is 0 Å². The lowest BCUT2D eigenvalue weighted by Crippen LogP contribution is -2.46. The molecule has 0 spiro atoms. The highest BCUT2D eigenvalue weighted by atomic mass is 16.2. The van der Waals surface area contributed by atoms with Crippen LogP contribution in [0.15, 0.2) is 42.5 Å². The summed E-state index contributed by atoms with van der Waals surface area (Å²) in [6, 6.07) is 9.61. The van der Waals surface area contributed by atoms with Crippen molar-refractivity contribution in [3.63, 3.8) is 0 Å². The fourth-order valence-corrected chi connectivity index (χ4v) is 3.91. The maximum absolute atomic E-state index is 12.9. The summed E-state index contributed by atoms with van der Waals surface area (Å²) in [5.41, 5.74) is 1.08. The Kier molecular flexibility index (Phi) is 7.08. The van der Waals surface area contributed by atoms with Crippen molar-refractivity contribution in [2.24, 2.45) is 11.8 Å². The number of hydrogen-bond acceptors (Lipinski definition) is 2. The predicted octanol–water partition coefficient (Wildman–Crippen LogP) is 4.07. The Morgan fingerprint density at radius 1 is 1.22 bits per heavy atom. The van der Waals surface area contributed by atoms with Gasteiger partial charge in [-0.1, -0.05) is 62.2 Å². The van der Waals surface area contributed by atoms with Crippen LogP contribution in [0.1, 0.15) is 57.4 Å². The molecule has 1 aliphatic heterocycles. The summed E-state index contributed by atoms with van der Waals surface area (Å²) < 4.78 is 0. The average Bonchev–Trinajstić information content (AvgIpc) is 3.30. The van der Waals surface area contributed by atoms with E-state index < -0.39 is 0 Å². The Bertz CT molecular complexity index is 656. The van der Waals surface area contributed by atoms with Crippen LogP contribution >= 0.6 is 0 Å². The highest BCUT2D eigenvalue weighted by Crippen LogP contribution is 2.42. The predicted molar refractivity (Wildman–Crippen MR) is 108 cm³/mol. The number of allylic oxidation sites excluding steroid dienone is 2. The summed E-state index contributed by atoms with van der Waals surface area (Å²) in [5, 5.41) is 3.00. The van der Waals surface area contributed by atoms with Crippen LogP contribution in [0.2, 0.25) is 0 Å². The third kappa shape index (κ3) is 5.44. The third-order valence-corrected chi connectivity index (χ3v) is 5.66. The van der Waals surface area contributed by atoms with Crippen LogP contribution in [0.5, 0.6) is 0 Å². The SMILES string of the molecule is CCCCC/C=C\[C@@H]1C[C@@H]1C(=O)N1CCC[C@H]1C(=O)NCc1ccccc1. The molecule has 2 fully saturated rings. The minimum Gasteiger partial charge on any atom is -0.350 e. The fraction of sp³-hybridized carbons (Fsp3) is 0.565. The number of likely N-dealkylation sites (tertiary alicyclic amines) is 1. The number of nitrogens with one attached hydrogen (secondary N) is 1. The van der Waals surface area contributed by atoms with E-state index in [9.17, 15) is 9.59 Å². The van der Waals surface area contributed by atoms with Gasteiger partial charge in [-0.2, -0.15) is 0 Å². The van der Waals surface area contributed by atoms with E-state index in [1.807, 2.05) is 35.2 Å². The van der Waals surface area contributed by atoms with E-state index >= 15 is 0 Å². The fourth-order valence-electron chi connectivity index (χ4n) is 3.91. The first-order valence-electron chi connectivity index (χ1n) is 10.5. The highest BCUT2D eigenvalue weighted by Gasteiger charge is 2.46. The number of carbonyl (C=O) groups is 2. The monoisotopic (exact) mass is 368 g/mol. The van der Waals surface area contributed by atoms with Gasteiger partial charge in [-0.15, -0.1) is 0 Å². The second-order valence-electron chi connectivity index (χ2n) is 7.82. The van der Waals surface area contributed by atoms with E-state index in [0.717, 1.165) is 31.2 Å². The van der Waals surface area contributed by atoms with E-state index in [2.05, 4.69) is 24.4 Å². The van der Waals surface area contributed by atoms with Crippen molar-refractivity contribution in [1.29, 1.82) is 0 Å². The summed E-state index contributed by atoms with van der Waals surface area (Å²) in [6.45, 7) is 3.44. The smallest absolute Gasteiger partial charge is 0.243 e. The Morgan fingerprint density at radius 3 is 2.81 bits per heavy atom. The second kappa shape index (κ2) is 9.72. The van der Waals surface area contributed by atoms with E-state index in [0.29, 0.717) is 19.0 Å². The van der Waals surface area contributed by atoms with Gasteiger partial charge in [0.15, 0.2) is 0 Å². The molecule has 0 bridgehead atoms. The van der Waals surface area contributed by atoms with Crippen LogP contribution in [0.3, 0.4) is 0 Å². The summed E-state index contributed by atoms with van der Waals surface area (Å²) in [6.07, 6.45) is 11.9. The largest absolute Gasteiger partial charge is 0.350 e. The van der Waals surface area contributed by atoms with Gasteiger partial charge in [0.1, 0.15) is 6.04 Å². The Hall–Kier alpha value is -2.10. The molecule has 3 rings (SSSR count). The molecule has 1 saturated heterocycles. The van der Waals surface area contributed by atoms with Gasteiger partial charge in [0.05, 0.1) is 0 Å². The van der Waals surface area contributed by atoms with Gasteiger partial charge in [-0.3, -0.25) is 9.59 Å². The van der Waals surface area contributed by atoms with Crippen LogP contribution in [0, 0.1) is 11.8 Å². The lowest BCUT2D eigenvalue weighted by atomic mass is 10.1. The van der Waals surface area contributed by atoms with E-state index in [-0.39, 0.29) is 23.8 Å². The molecule has 3 atom stereocenters. The molecule has 2 aliphatic rings.